The lowest BCUT2D eigenvalue weighted by Gasteiger charge is -2.24. The highest BCUT2D eigenvalue weighted by Gasteiger charge is 2.16. The minimum atomic E-state index is 0.0142. The summed E-state index contributed by atoms with van der Waals surface area (Å²) < 4.78 is 0. The number of rotatable bonds is 6. The van der Waals surface area contributed by atoms with Crippen molar-refractivity contribution in [2.24, 2.45) is 16.1 Å². The Morgan fingerprint density at radius 3 is 2.86 bits per heavy atom. The Kier molecular flexibility index (Phi) is 5.91. The zero-order chi connectivity index (χ0) is 15.8. The van der Waals surface area contributed by atoms with Crippen LogP contribution in [0.1, 0.15) is 18.7 Å². The van der Waals surface area contributed by atoms with Crippen LogP contribution in [0, 0.1) is 5.41 Å². The monoisotopic (exact) mass is 317 g/mol. The third-order valence-electron chi connectivity index (χ3n) is 3.18. The molecule has 6 heteroatoms. The Morgan fingerprint density at radius 2 is 2.23 bits per heavy atom. The van der Waals surface area contributed by atoms with Gasteiger partial charge in [-0.1, -0.05) is 19.9 Å². The van der Waals surface area contributed by atoms with Gasteiger partial charge in [0.15, 0.2) is 5.96 Å². The van der Waals surface area contributed by atoms with Crippen molar-refractivity contribution in [2.75, 3.05) is 18.4 Å². The van der Waals surface area contributed by atoms with E-state index in [4.69, 9.17) is 5.73 Å². The van der Waals surface area contributed by atoms with E-state index in [1.54, 1.807) is 23.7 Å². The highest BCUT2D eigenvalue weighted by Crippen LogP contribution is 2.12. The molecule has 0 fully saturated rings. The fourth-order valence-electron chi connectivity index (χ4n) is 1.67. The fraction of sp³-hybridized carbons (Fsp3) is 0.375. The minimum absolute atomic E-state index is 0.0142. The van der Waals surface area contributed by atoms with Crippen LogP contribution >= 0.6 is 11.3 Å². The molecular weight excluding hydrogens is 294 g/mol. The maximum absolute atomic E-state index is 5.79. The number of aromatic nitrogens is 1. The molecule has 0 saturated carbocycles. The first-order valence-electron chi connectivity index (χ1n) is 7.27. The van der Waals surface area contributed by atoms with Crippen LogP contribution in [0.15, 0.2) is 47.0 Å². The van der Waals surface area contributed by atoms with Crippen molar-refractivity contribution in [3.63, 3.8) is 0 Å². The molecule has 0 unspecified atom stereocenters. The maximum Gasteiger partial charge on any atom is 0.196 e. The van der Waals surface area contributed by atoms with E-state index < -0.39 is 0 Å². The van der Waals surface area contributed by atoms with Crippen molar-refractivity contribution in [2.45, 2.75) is 20.4 Å². The molecule has 0 spiro atoms. The molecule has 0 bridgehead atoms. The van der Waals surface area contributed by atoms with Crippen LogP contribution in [0.5, 0.6) is 0 Å². The molecule has 5 nitrogen and oxygen atoms in total. The maximum atomic E-state index is 5.79. The number of anilines is 1. The van der Waals surface area contributed by atoms with E-state index >= 15 is 0 Å². The molecule has 0 amide bonds. The lowest BCUT2D eigenvalue weighted by molar-refractivity contribution is 0.376. The molecule has 0 aromatic carbocycles. The van der Waals surface area contributed by atoms with Gasteiger partial charge in [0.1, 0.15) is 0 Å². The van der Waals surface area contributed by atoms with Gasteiger partial charge in [0.2, 0.25) is 0 Å². The van der Waals surface area contributed by atoms with Gasteiger partial charge in [-0.05, 0) is 35.5 Å². The molecular formula is C16H23N5S. The summed E-state index contributed by atoms with van der Waals surface area (Å²) in [6.45, 7) is 6.27. The highest BCUT2D eigenvalue weighted by molar-refractivity contribution is 7.09. The summed E-state index contributed by atoms with van der Waals surface area (Å²) >= 11 is 1.70. The van der Waals surface area contributed by atoms with Gasteiger partial charge >= 0.3 is 0 Å². The van der Waals surface area contributed by atoms with E-state index in [1.165, 1.54) is 4.88 Å². The molecule has 0 saturated heterocycles. The van der Waals surface area contributed by atoms with Gasteiger partial charge < -0.3 is 16.4 Å². The molecule has 0 aliphatic carbocycles. The van der Waals surface area contributed by atoms with Crippen LogP contribution in [0.3, 0.4) is 0 Å². The molecule has 2 aromatic heterocycles. The van der Waals surface area contributed by atoms with Crippen LogP contribution in [-0.4, -0.2) is 24.0 Å². The van der Waals surface area contributed by atoms with E-state index in [9.17, 15) is 0 Å². The van der Waals surface area contributed by atoms with Crippen LogP contribution < -0.4 is 16.4 Å². The van der Waals surface area contributed by atoms with E-state index in [2.05, 4.69) is 45.9 Å². The molecule has 2 rings (SSSR count). The first-order valence-corrected chi connectivity index (χ1v) is 8.15. The van der Waals surface area contributed by atoms with Crippen molar-refractivity contribution in [3.05, 3.63) is 46.9 Å². The van der Waals surface area contributed by atoms with E-state index in [0.29, 0.717) is 13.1 Å². The van der Waals surface area contributed by atoms with Crippen molar-refractivity contribution in [1.82, 2.24) is 10.3 Å². The number of thiophene rings is 1. The molecule has 118 valence electrons. The molecule has 0 radical (unpaired) electrons. The third-order valence-corrected chi connectivity index (χ3v) is 4.05. The Morgan fingerprint density at radius 1 is 1.36 bits per heavy atom. The Labute approximate surface area is 135 Å². The van der Waals surface area contributed by atoms with Gasteiger partial charge in [0.05, 0.1) is 18.4 Å². The number of hydrogen-bond donors (Lipinski definition) is 3. The van der Waals surface area contributed by atoms with E-state index in [-0.39, 0.29) is 5.41 Å². The van der Waals surface area contributed by atoms with E-state index in [0.717, 1.165) is 18.2 Å². The number of pyridine rings is 1. The summed E-state index contributed by atoms with van der Waals surface area (Å²) in [7, 11) is 0. The van der Waals surface area contributed by atoms with Crippen molar-refractivity contribution < 1.29 is 0 Å². The Balaban J connectivity index is 2.04. The SMILES string of the molecule is CC(C)(CN)CNC(=NCc1cccs1)Nc1cccnc1. The van der Waals surface area contributed by atoms with Gasteiger partial charge in [-0.15, -0.1) is 11.3 Å². The quantitative estimate of drug-likeness (QED) is 0.565. The standard InChI is InChI=1S/C16H23N5S/c1-16(2,11-17)12-20-15(19-10-14-6-4-8-22-14)21-13-5-3-7-18-9-13/h3-9H,10-12,17H2,1-2H3,(H2,19,20,21). The molecule has 2 aromatic rings. The summed E-state index contributed by atoms with van der Waals surface area (Å²) in [4.78, 5) is 9.97. The molecule has 0 aliphatic heterocycles. The Hall–Kier alpha value is -1.92. The predicted molar refractivity (Wildman–Crippen MR) is 94.2 cm³/mol. The predicted octanol–water partition coefficient (Wildman–Crippen LogP) is 2.69. The molecule has 0 aliphatic rings. The number of hydrogen-bond acceptors (Lipinski definition) is 4. The number of nitrogens with two attached hydrogens (primary N) is 1. The summed E-state index contributed by atoms with van der Waals surface area (Å²) in [5, 5.41) is 8.70. The van der Waals surface area contributed by atoms with Crippen LogP contribution in [0.2, 0.25) is 0 Å². The Bertz CT molecular complexity index is 578. The van der Waals surface area contributed by atoms with Gasteiger partial charge in [0, 0.05) is 17.6 Å². The van der Waals surface area contributed by atoms with Crippen LogP contribution in [-0.2, 0) is 6.54 Å². The second kappa shape index (κ2) is 7.91. The smallest absolute Gasteiger partial charge is 0.196 e. The third kappa shape index (κ3) is 5.46. The first-order chi connectivity index (χ1) is 10.6. The lowest BCUT2D eigenvalue weighted by Crippen LogP contribution is -2.41. The van der Waals surface area contributed by atoms with E-state index in [1.807, 2.05) is 18.2 Å². The van der Waals surface area contributed by atoms with Crippen LogP contribution in [0.4, 0.5) is 5.69 Å². The summed E-state index contributed by atoms with van der Waals surface area (Å²) in [5.74, 6) is 0.739. The lowest BCUT2D eigenvalue weighted by atomic mass is 9.94. The number of nitrogens with one attached hydrogen (secondary N) is 2. The summed E-state index contributed by atoms with van der Waals surface area (Å²) in [6.07, 6.45) is 3.52. The summed E-state index contributed by atoms with van der Waals surface area (Å²) in [6, 6.07) is 7.97. The average molecular weight is 317 g/mol. The zero-order valence-corrected chi connectivity index (χ0v) is 13.9. The van der Waals surface area contributed by atoms with Gasteiger partial charge in [0.25, 0.3) is 0 Å². The topological polar surface area (TPSA) is 75.3 Å². The normalized spacial score (nSPS) is 12.2. The molecule has 0 atom stereocenters. The van der Waals surface area contributed by atoms with Crippen LogP contribution in [0.25, 0.3) is 0 Å². The second-order valence-corrected chi connectivity index (χ2v) is 6.87. The van der Waals surface area contributed by atoms with Gasteiger partial charge in [-0.3, -0.25) is 4.98 Å². The van der Waals surface area contributed by atoms with Crippen molar-refractivity contribution >= 4 is 23.0 Å². The second-order valence-electron chi connectivity index (χ2n) is 5.83. The summed E-state index contributed by atoms with van der Waals surface area (Å²) in [5.41, 5.74) is 6.71. The largest absolute Gasteiger partial charge is 0.356 e. The minimum Gasteiger partial charge on any atom is -0.356 e. The number of guanidine groups is 1. The van der Waals surface area contributed by atoms with Gasteiger partial charge in [-0.2, -0.15) is 0 Å². The average Bonchev–Trinajstić information content (AvgIpc) is 3.04. The van der Waals surface area contributed by atoms with Gasteiger partial charge in [-0.25, -0.2) is 4.99 Å². The first kappa shape index (κ1) is 16.5. The zero-order valence-electron chi connectivity index (χ0n) is 13.0. The van der Waals surface area contributed by atoms with Crippen molar-refractivity contribution in [1.29, 1.82) is 0 Å². The highest BCUT2D eigenvalue weighted by atomic mass is 32.1. The number of aliphatic imine (C=N–C) groups is 1. The molecule has 2 heterocycles. The van der Waals surface area contributed by atoms with Crippen molar-refractivity contribution in [3.8, 4) is 0 Å². The molecule has 4 N–H and O–H groups in total. The fourth-order valence-corrected chi connectivity index (χ4v) is 2.30. The molecule has 22 heavy (non-hydrogen) atoms. The number of nitrogens with zero attached hydrogens (tertiary/aromatic N) is 2.